The van der Waals surface area contributed by atoms with Gasteiger partial charge in [0.1, 0.15) is 0 Å². The van der Waals surface area contributed by atoms with Gasteiger partial charge in [0.15, 0.2) is 11.5 Å². The van der Waals surface area contributed by atoms with Crippen molar-refractivity contribution >= 4 is 27.5 Å². The molecule has 1 aliphatic heterocycles. The van der Waals surface area contributed by atoms with Crippen LogP contribution >= 0.6 is 11.6 Å². The van der Waals surface area contributed by atoms with E-state index in [4.69, 9.17) is 21.1 Å². The lowest BCUT2D eigenvalue weighted by atomic mass is 9.99. The maximum Gasteiger partial charge on any atom is 0.243 e. The van der Waals surface area contributed by atoms with Gasteiger partial charge in [-0.25, -0.2) is 8.42 Å². The van der Waals surface area contributed by atoms with E-state index >= 15 is 0 Å². The number of sulfonamides is 1. The third-order valence-electron chi connectivity index (χ3n) is 5.60. The van der Waals surface area contributed by atoms with Crippen LogP contribution in [0.2, 0.25) is 5.02 Å². The number of amides is 1. The Kier molecular flexibility index (Phi) is 8.39. The van der Waals surface area contributed by atoms with Crippen LogP contribution in [0, 0.1) is 5.92 Å². The molecule has 3 rings (SSSR count). The number of hydrogen-bond acceptors (Lipinski definition) is 5. The highest BCUT2D eigenvalue weighted by Crippen LogP contribution is 2.28. The van der Waals surface area contributed by atoms with Gasteiger partial charge in [-0.2, -0.15) is 4.31 Å². The number of aryl methyl sites for hydroxylation is 1. The highest BCUT2D eigenvalue weighted by molar-refractivity contribution is 7.89. The van der Waals surface area contributed by atoms with E-state index in [0.717, 1.165) is 18.4 Å². The fourth-order valence-electron chi connectivity index (χ4n) is 3.81. The van der Waals surface area contributed by atoms with Gasteiger partial charge in [0.2, 0.25) is 15.9 Å². The maximum atomic E-state index is 12.9. The minimum atomic E-state index is -3.65. The molecule has 2 aromatic rings. The van der Waals surface area contributed by atoms with Crippen LogP contribution in [0.25, 0.3) is 0 Å². The molecule has 1 aliphatic rings. The van der Waals surface area contributed by atoms with Crippen molar-refractivity contribution in [1.29, 1.82) is 0 Å². The topological polar surface area (TPSA) is 84.9 Å². The van der Waals surface area contributed by atoms with Crippen LogP contribution in [0.4, 0.5) is 0 Å². The summed E-state index contributed by atoms with van der Waals surface area (Å²) in [4.78, 5) is 12.9. The van der Waals surface area contributed by atoms with Gasteiger partial charge in [-0.3, -0.25) is 4.79 Å². The predicted octanol–water partition coefficient (Wildman–Crippen LogP) is 3.51. The van der Waals surface area contributed by atoms with E-state index in [1.807, 2.05) is 18.2 Å². The molecule has 32 heavy (non-hydrogen) atoms. The molecule has 7 nitrogen and oxygen atoms in total. The number of halogens is 1. The summed E-state index contributed by atoms with van der Waals surface area (Å²) < 4.78 is 37.8. The summed E-state index contributed by atoms with van der Waals surface area (Å²) in [5.41, 5.74) is 1.09. The first-order valence-corrected chi connectivity index (χ1v) is 12.4. The van der Waals surface area contributed by atoms with Crippen LogP contribution in [-0.2, 0) is 21.2 Å². The lowest BCUT2D eigenvalue weighted by molar-refractivity contribution is -0.126. The third kappa shape index (κ3) is 5.94. The third-order valence-corrected chi connectivity index (χ3v) is 7.73. The van der Waals surface area contributed by atoms with E-state index in [1.54, 1.807) is 26.4 Å². The van der Waals surface area contributed by atoms with Crippen molar-refractivity contribution < 1.29 is 22.7 Å². The smallest absolute Gasteiger partial charge is 0.243 e. The molecule has 174 valence electrons. The molecular weight excluding hydrogens is 452 g/mol. The Hall–Kier alpha value is -2.29. The monoisotopic (exact) mass is 480 g/mol. The van der Waals surface area contributed by atoms with Crippen molar-refractivity contribution in [3.05, 3.63) is 53.1 Å². The maximum absolute atomic E-state index is 12.9. The van der Waals surface area contributed by atoms with E-state index in [1.165, 1.54) is 16.4 Å². The Morgan fingerprint density at radius 3 is 2.53 bits per heavy atom. The first-order chi connectivity index (χ1) is 15.3. The molecule has 0 bridgehead atoms. The van der Waals surface area contributed by atoms with Crippen LogP contribution in [0.1, 0.15) is 24.8 Å². The van der Waals surface area contributed by atoms with Gasteiger partial charge in [-0.15, -0.1) is 0 Å². The molecule has 0 saturated carbocycles. The number of hydrogen-bond donors (Lipinski definition) is 1. The fraction of sp³-hybridized carbons (Fsp3) is 0.435. The standard InChI is InChI=1S/C23H29ClN2O5S/c1-30-21-12-7-17(15-22(21)31-2)5-3-13-25-23(27)18-6-4-14-26(16-18)32(28,29)20-10-8-19(24)9-11-20/h7-12,15,18H,3-6,13-14,16H2,1-2H3,(H,25,27). The number of nitrogens with one attached hydrogen (secondary N) is 1. The molecule has 1 N–H and O–H groups in total. The minimum Gasteiger partial charge on any atom is -0.493 e. The van der Waals surface area contributed by atoms with Gasteiger partial charge in [0, 0.05) is 24.7 Å². The Morgan fingerprint density at radius 2 is 1.84 bits per heavy atom. The highest BCUT2D eigenvalue weighted by atomic mass is 35.5. The van der Waals surface area contributed by atoms with Gasteiger partial charge >= 0.3 is 0 Å². The summed E-state index contributed by atoms with van der Waals surface area (Å²) in [5.74, 6) is 0.901. The Bertz CT molecular complexity index is 1030. The van der Waals surface area contributed by atoms with Gasteiger partial charge in [0.25, 0.3) is 0 Å². The average molecular weight is 481 g/mol. The molecule has 1 atom stereocenters. The van der Waals surface area contributed by atoms with Crippen molar-refractivity contribution in [2.24, 2.45) is 5.92 Å². The van der Waals surface area contributed by atoms with Crippen molar-refractivity contribution in [1.82, 2.24) is 9.62 Å². The number of methoxy groups -OCH3 is 2. The number of piperidine rings is 1. The zero-order chi connectivity index (χ0) is 23.1. The van der Waals surface area contributed by atoms with Crippen LogP contribution in [-0.4, -0.2) is 52.5 Å². The zero-order valence-electron chi connectivity index (χ0n) is 18.3. The summed E-state index contributed by atoms with van der Waals surface area (Å²) in [6.07, 6.45) is 2.87. The fourth-order valence-corrected chi connectivity index (χ4v) is 5.46. The number of benzene rings is 2. The molecule has 9 heteroatoms. The molecule has 1 heterocycles. The Morgan fingerprint density at radius 1 is 1.12 bits per heavy atom. The van der Waals surface area contributed by atoms with Crippen molar-refractivity contribution in [3.8, 4) is 11.5 Å². The van der Waals surface area contributed by atoms with Gasteiger partial charge in [0.05, 0.1) is 25.0 Å². The van der Waals surface area contributed by atoms with Crippen LogP contribution in [0.3, 0.4) is 0 Å². The van der Waals surface area contributed by atoms with Gasteiger partial charge in [-0.1, -0.05) is 17.7 Å². The molecule has 1 saturated heterocycles. The molecule has 2 aromatic carbocycles. The lowest BCUT2D eigenvalue weighted by Crippen LogP contribution is -2.45. The molecule has 1 amide bonds. The Labute approximate surface area is 194 Å². The molecule has 1 fully saturated rings. The second kappa shape index (κ2) is 11.0. The van der Waals surface area contributed by atoms with E-state index in [2.05, 4.69) is 5.32 Å². The number of carbonyl (C=O) groups is 1. The second-order valence-electron chi connectivity index (χ2n) is 7.74. The van der Waals surface area contributed by atoms with E-state index in [9.17, 15) is 13.2 Å². The Balaban J connectivity index is 1.50. The first-order valence-electron chi connectivity index (χ1n) is 10.6. The molecular formula is C23H29ClN2O5S. The minimum absolute atomic E-state index is 0.103. The SMILES string of the molecule is COc1ccc(CCCNC(=O)C2CCCN(S(=O)(=O)c3ccc(Cl)cc3)C2)cc1OC. The molecule has 0 aromatic heterocycles. The lowest BCUT2D eigenvalue weighted by Gasteiger charge is -2.31. The van der Waals surface area contributed by atoms with Crippen LogP contribution in [0.5, 0.6) is 11.5 Å². The number of rotatable bonds is 9. The summed E-state index contributed by atoms with van der Waals surface area (Å²) in [5, 5.41) is 3.44. The predicted molar refractivity (Wildman–Crippen MR) is 124 cm³/mol. The number of ether oxygens (including phenoxy) is 2. The quantitative estimate of drug-likeness (QED) is 0.555. The summed E-state index contributed by atoms with van der Waals surface area (Å²) in [6.45, 7) is 1.12. The largest absolute Gasteiger partial charge is 0.493 e. The normalized spacial score (nSPS) is 17.0. The molecule has 1 unspecified atom stereocenters. The van der Waals surface area contributed by atoms with Crippen molar-refractivity contribution in [3.63, 3.8) is 0 Å². The van der Waals surface area contributed by atoms with Gasteiger partial charge < -0.3 is 14.8 Å². The van der Waals surface area contributed by atoms with Crippen molar-refractivity contribution in [2.75, 3.05) is 33.9 Å². The molecule has 0 aliphatic carbocycles. The van der Waals surface area contributed by atoms with Gasteiger partial charge in [-0.05, 0) is 67.6 Å². The van der Waals surface area contributed by atoms with E-state index < -0.39 is 10.0 Å². The van der Waals surface area contributed by atoms with Crippen LogP contribution < -0.4 is 14.8 Å². The summed E-state index contributed by atoms with van der Waals surface area (Å²) in [7, 11) is -0.449. The average Bonchev–Trinajstić information content (AvgIpc) is 2.81. The first kappa shape index (κ1) is 24.4. The number of carbonyl (C=O) groups excluding carboxylic acids is 1. The van der Waals surface area contributed by atoms with E-state index in [0.29, 0.717) is 42.5 Å². The van der Waals surface area contributed by atoms with E-state index in [-0.39, 0.29) is 23.3 Å². The summed E-state index contributed by atoms with van der Waals surface area (Å²) in [6, 6.07) is 11.9. The highest BCUT2D eigenvalue weighted by Gasteiger charge is 2.33. The second-order valence-corrected chi connectivity index (χ2v) is 10.1. The number of nitrogens with zero attached hydrogens (tertiary/aromatic N) is 1. The zero-order valence-corrected chi connectivity index (χ0v) is 19.9. The molecule has 0 radical (unpaired) electrons. The van der Waals surface area contributed by atoms with Crippen LogP contribution in [0.15, 0.2) is 47.4 Å². The summed E-state index contributed by atoms with van der Waals surface area (Å²) >= 11 is 5.87. The molecule has 0 spiro atoms. The van der Waals surface area contributed by atoms with Crippen molar-refractivity contribution in [2.45, 2.75) is 30.6 Å².